The third kappa shape index (κ3) is 2.18. The zero-order valence-corrected chi connectivity index (χ0v) is 9.81. The molecular formula is C14H10FN2O2+. The van der Waals surface area contributed by atoms with Crippen molar-refractivity contribution in [2.24, 2.45) is 0 Å². The van der Waals surface area contributed by atoms with Gasteiger partial charge in [-0.25, -0.2) is 4.39 Å². The van der Waals surface area contributed by atoms with Crippen molar-refractivity contribution in [1.29, 1.82) is 0 Å². The van der Waals surface area contributed by atoms with Crippen molar-refractivity contribution in [1.82, 2.24) is 4.98 Å². The van der Waals surface area contributed by atoms with Gasteiger partial charge in [-0.05, 0) is 30.3 Å². The van der Waals surface area contributed by atoms with Crippen molar-refractivity contribution in [2.75, 3.05) is 0 Å². The maximum atomic E-state index is 12.8. The number of halogens is 1. The van der Waals surface area contributed by atoms with Gasteiger partial charge in [-0.1, -0.05) is 0 Å². The Labute approximate surface area is 107 Å². The Morgan fingerprint density at radius 2 is 1.89 bits per heavy atom. The van der Waals surface area contributed by atoms with Gasteiger partial charge in [0.25, 0.3) is 5.56 Å². The molecule has 0 saturated carbocycles. The number of pyridine rings is 2. The highest BCUT2D eigenvalue weighted by Gasteiger charge is 2.14. The van der Waals surface area contributed by atoms with E-state index in [0.29, 0.717) is 17.0 Å². The van der Waals surface area contributed by atoms with E-state index < -0.39 is 0 Å². The summed E-state index contributed by atoms with van der Waals surface area (Å²) in [6.07, 6.45) is 3.26. The van der Waals surface area contributed by atoms with E-state index in [9.17, 15) is 9.18 Å². The first kappa shape index (κ1) is 11.4. The van der Waals surface area contributed by atoms with Crippen LogP contribution >= 0.6 is 0 Å². The number of H-pyrrole nitrogens is 2. The summed E-state index contributed by atoms with van der Waals surface area (Å²) in [5.41, 5.74) is -0.244. The lowest BCUT2D eigenvalue weighted by molar-refractivity contribution is -0.388. The van der Waals surface area contributed by atoms with Gasteiger partial charge in [0.2, 0.25) is 0 Å². The van der Waals surface area contributed by atoms with Gasteiger partial charge in [-0.15, -0.1) is 0 Å². The van der Waals surface area contributed by atoms with E-state index in [4.69, 9.17) is 4.74 Å². The van der Waals surface area contributed by atoms with E-state index in [-0.39, 0.29) is 11.4 Å². The molecule has 0 aliphatic rings. The molecule has 0 atom stereocenters. The minimum Gasteiger partial charge on any atom is -0.405 e. The van der Waals surface area contributed by atoms with E-state index in [1.54, 1.807) is 24.5 Å². The van der Waals surface area contributed by atoms with E-state index in [2.05, 4.69) is 9.97 Å². The minimum atomic E-state index is -0.341. The van der Waals surface area contributed by atoms with Crippen molar-refractivity contribution in [2.45, 2.75) is 0 Å². The van der Waals surface area contributed by atoms with Crippen molar-refractivity contribution in [3.8, 4) is 11.6 Å². The molecule has 0 aliphatic heterocycles. The van der Waals surface area contributed by atoms with Gasteiger partial charge in [0, 0.05) is 17.6 Å². The number of hydrogen-bond acceptors (Lipinski definition) is 2. The lowest BCUT2D eigenvalue weighted by Crippen LogP contribution is -2.13. The number of aromatic amines is 2. The number of rotatable bonds is 2. The third-order valence-electron chi connectivity index (χ3n) is 2.73. The van der Waals surface area contributed by atoms with Crippen molar-refractivity contribution < 1.29 is 14.1 Å². The van der Waals surface area contributed by atoms with Crippen molar-refractivity contribution in [3.05, 3.63) is 65.0 Å². The monoisotopic (exact) mass is 257 g/mol. The Hall–Kier alpha value is -2.69. The summed E-state index contributed by atoms with van der Waals surface area (Å²) in [6.45, 7) is 0. The molecule has 0 unspecified atom stereocenters. The second-order valence-corrected chi connectivity index (χ2v) is 4.00. The average Bonchev–Trinajstić information content (AvgIpc) is 2.42. The highest BCUT2D eigenvalue weighted by atomic mass is 19.1. The standard InChI is InChI=1S/C14H9FN2O2/c15-10-1-3-11(4-2-10)19-14-12-9(6-8-17-14)5-7-16-13(12)18/h1-8H,(H,16,18)/p+1. The van der Waals surface area contributed by atoms with Crippen molar-refractivity contribution >= 4 is 10.8 Å². The molecule has 0 bridgehead atoms. The van der Waals surface area contributed by atoms with Crippen LogP contribution in [0.1, 0.15) is 0 Å². The molecule has 0 fully saturated rings. The molecule has 94 valence electrons. The summed E-state index contributed by atoms with van der Waals surface area (Å²) in [4.78, 5) is 17.3. The van der Waals surface area contributed by atoms with Crippen molar-refractivity contribution in [3.63, 3.8) is 0 Å². The molecule has 3 aromatic rings. The quantitative estimate of drug-likeness (QED) is 0.765. The summed E-state index contributed by atoms with van der Waals surface area (Å²) < 4.78 is 18.4. The maximum absolute atomic E-state index is 12.8. The van der Waals surface area contributed by atoms with Crippen LogP contribution < -0.4 is 15.3 Å². The summed E-state index contributed by atoms with van der Waals surface area (Å²) in [5, 5.41) is 1.19. The zero-order chi connectivity index (χ0) is 13.2. The van der Waals surface area contributed by atoms with Crippen LogP contribution in [0, 0.1) is 5.82 Å². The highest BCUT2D eigenvalue weighted by molar-refractivity contribution is 5.84. The molecule has 2 heterocycles. The number of ether oxygens (including phenoxy) is 1. The topological polar surface area (TPSA) is 56.2 Å². The molecular weight excluding hydrogens is 247 g/mol. The molecule has 5 heteroatoms. The molecule has 2 N–H and O–H groups in total. The first-order valence-corrected chi connectivity index (χ1v) is 5.69. The predicted molar refractivity (Wildman–Crippen MR) is 67.6 cm³/mol. The lowest BCUT2D eigenvalue weighted by Gasteiger charge is -2.02. The lowest BCUT2D eigenvalue weighted by atomic mass is 10.2. The van der Waals surface area contributed by atoms with Crippen LogP contribution in [0.2, 0.25) is 0 Å². The SMILES string of the molecule is O=c1[nH]ccc2cc[nH+]c(Oc3ccc(F)cc3)c12. The zero-order valence-electron chi connectivity index (χ0n) is 9.81. The first-order chi connectivity index (χ1) is 9.24. The van der Waals surface area contributed by atoms with Gasteiger partial charge in [0.1, 0.15) is 11.6 Å². The third-order valence-corrected chi connectivity index (χ3v) is 2.73. The van der Waals surface area contributed by atoms with Gasteiger partial charge in [0.05, 0.1) is 0 Å². The normalized spacial score (nSPS) is 10.6. The number of nitrogens with one attached hydrogen (secondary N) is 2. The Balaban J connectivity index is 2.10. The van der Waals surface area contributed by atoms with E-state index >= 15 is 0 Å². The molecule has 3 rings (SSSR count). The Morgan fingerprint density at radius 1 is 1.11 bits per heavy atom. The van der Waals surface area contributed by atoms with Gasteiger partial charge in [-0.3, -0.25) is 4.79 Å². The Bertz CT molecular complexity index is 776. The molecule has 1 aromatic carbocycles. The highest BCUT2D eigenvalue weighted by Crippen LogP contribution is 2.22. The number of hydrogen-bond donors (Lipinski definition) is 1. The van der Waals surface area contributed by atoms with Crippen LogP contribution in [0.25, 0.3) is 10.8 Å². The average molecular weight is 257 g/mol. The minimum absolute atomic E-state index is 0.244. The summed E-state index contributed by atoms with van der Waals surface area (Å²) >= 11 is 0. The Kier molecular flexibility index (Phi) is 2.72. The van der Waals surface area contributed by atoms with Gasteiger partial charge in [-0.2, -0.15) is 4.98 Å². The smallest absolute Gasteiger partial charge is 0.385 e. The number of fused-ring (bicyclic) bond motifs is 1. The van der Waals surface area contributed by atoms with Gasteiger partial charge < -0.3 is 9.72 Å². The summed E-state index contributed by atoms with van der Waals surface area (Å²) in [7, 11) is 0. The second kappa shape index (κ2) is 4.53. The number of aromatic nitrogens is 2. The van der Waals surface area contributed by atoms with Crippen LogP contribution in [-0.2, 0) is 0 Å². The summed E-state index contributed by atoms with van der Waals surface area (Å²) in [5.74, 6) is 0.437. The molecule has 0 aliphatic carbocycles. The van der Waals surface area contributed by atoms with E-state index in [1.165, 1.54) is 24.3 Å². The fourth-order valence-corrected chi connectivity index (χ4v) is 1.85. The number of benzene rings is 1. The van der Waals surface area contributed by atoms with Crippen LogP contribution in [0.4, 0.5) is 4.39 Å². The van der Waals surface area contributed by atoms with Crippen LogP contribution in [0.15, 0.2) is 53.6 Å². The maximum Gasteiger partial charge on any atom is 0.385 e. The first-order valence-electron chi connectivity index (χ1n) is 5.69. The Morgan fingerprint density at radius 3 is 2.68 bits per heavy atom. The second-order valence-electron chi connectivity index (χ2n) is 4.00. The van der Waals surface area contributed by atoms with Crippen LogP contribution in [0.3, 0.4) is 0 Å². The predicted octanol–water partition coefficient (Wildman–Crippen LogP) is 2.27. The van der Waals surface area contributed by atoms with Crippen LogP contribution in [0.5, 0.6) is 11.6 Å². The van der Waals surface area contributed by atoms with E-state index in [0.717, 1.165) is 5.39 Å². The largest absolute Gasteiger partial charge is 0.405 e. The van der Waals surface area contributed by atoms with E-state index in [1.807, 2.05) is 0 Å². The molecule has 19 heavy (non-hydrogen) atoms. The van der Waals surface area contributed by atoms with Gasteiger partial charge >= 0.3 is 5.88 Å². The fraction of sp³-hybridized carbons (Fsp3) is 0. The van der Waals surface area contributed by atoms with Gasteiger partial charge in [0.15, 0.2) is 11.6 Å². The van der Waals surface area contributed by atoms with Crippen LogP contribution in [-0.4, -0.2) is 4.98 Å². The molecule has 0 radical (unpaired) electrons. The molecule has 4 nitrogen and oxygen atoms in total. The molecule has 0 spiro atoms. The molecule has 2 aromatic heterocycles. The fourth-order valence-electron chi connectivity index (χ4n) is 1.85. The summed E-state index contributed by atoms with van der Waals surface area (Å²) in [6, 6.07) is 9.15. The molecule has 0 saturated heterocycles. The molecule has 0 amide bonds.